The third kappa shape index (κ3) is 5.10. The molecule has 1 atom stereocenters. The van der Waals surface area contributed by atoms with Crippen LogP contribution >= 0.6 is 23.2 Å². The minimum Gasteiger partial charge on any atom is -0.507 e. The highest BCUT2D eigenvalue weighted by Crippen LogP contribution is 2.45. The summed E-state index contributed by atoms with van der Waals surface area (Å²) in [4.78, 5) is 33.1. The van der Waals surface area contributed by atoms with Crippen LogP contribution in [0, 0.1) is 6.92 Å². The van der Waals surface area contributed by atoms with Gasteiger partial charge < -0.3 is 19.6 Å². The van der Waals surface area contributed by atoms with Crippen molar-refractivity contribution in [2.24, 2.45) is 0 Å². The summed E-state index contributed by atoms with van der Waals surface area (Å²) in [5.41, 5.74) is 3.31. The SMILES string of the molecule is COc1c(Cl)cc(Cl)cc1/C(O)=C1\C(=O)C(=O)N(c2ccc(N3CCN(C)CC3)cc2)C1c1cccc(C)c1. The number of carbonyl (C=O) groups excluding carboxylic acids is 2. The molecule has 39 heavy (non-hydrogen) atoms. The van der Waals surface area contributed by atoms with Crippen LogP contribution in [0.4, 0.5) is 11.4 Å². The molecule has 2 fully saturated rings. The number of ether oxygens (including phenoxy) is 1. The number of aryl methyl sites for hydroxylation is 1. The Bertz CT molecular complexity index is 1460. The molecular weight excluding hydrogens is 537 g/mol. The first-order valence-electron chi connectivity index (χ1n) is 12.6. The lowest BCUT2D eigenvalue weighted by Crippen LogP contribution is -2.44. The molecule has 1 amide bonds. The fourth-order valence-electron chi connectivity index (χ4n) is 5.23. The van der Waals surface area contributed by atoms with E-state index in [2.05, 4.69) is 16.8 Å². The van der Waals surface area contributed by atoms with Gasteiger partial charge in [0.2, 0.25) is 0 Å². The summed E-state index contributed by atoms with van der Waals surface area (Å²) in [5, 5.41) is 12.0. The molecule has 9 heteroatoms. The van der Waals surface area contributed by atoms with Crippen LogP contribution in [0.1, 0.15) is 22.7 Å². The number of nitrogens with zero attached hydrogens (tertiary/aromatic N) is 3. The van der Waals surface area contributed by atoms with Gasteiger partial charge in [0.15, 0.2) is 0 Å². The smallest absolute Gasteiger partial charge is 0.300 e. The van der Waals surface area contributed by atoms with Crippen LogP contribution in [0.5, 0.6) is 5.75 Å². The van der Waals surface area contributed by atoms with Gasteiger partial charge in [-0.15, -0.1) is 0 Å². The molecule has 1 N–H and O–H groups in total. The predicted molar refractivity (Wildman–Crippen MR) is 155 cm³/mol. The van der Waals surface area contributed by atoms with Crippen LogP contribution in [0.25, 0.3) is 5.76 Å². The Morgan fingerprint density at radius 2 is 1.62 bits per heavy atom. The quantitative estimate of drug-likeness (QED) is 0.243. The zero-order chi connectivity index (χ0) is 27.8. The lowest BCUT2D eigenvalue weighted by atomic mass is 9.94. The van der Waals surface area contributed by atoms with E-state index in [1.165, 1.54) is 24.1 Å². The van der Waals surface area contributed by atoms with Crippen LogP contribution in [0.15, 0.2) is 66.2 Å². The number of piperazine rings is 1. The molecule has 2 aliphatic rings. The van der Waals surface area contributed by atoms with Gasteiger partial charge in [0.25, 0.3) is 11.7 Å². The van der Waals surface area contributed by atoms with E-state index >= 15 is 0 Å². The number of Topliss-reactive ketones (excluding diaryl/α,β-unsaturated/α-hetero) is 1. The van der Waals surface area contributed by atoms with Crippen LogP contribution in [-0.4, -0.2) is 62.0 Å². The van der Waals surface area contributed by atoms with E-state index in [9.17, 15) is 14.7 Å². The second-order valence-electron chi connectivity index (χ2n) is 9.86. The molecule has 2 heterocycles. The second kappa shape index (κ2) is 10.9. The highest BCUT2D eigenvalue weighted by atomic mass is 35.5. The summed E-state index contributed by atoms with van der Waals surface area (Å²) in [5.74, 6) is -1.79. The molecule has 3 aromatic carbocycles. The average Bonchev–Trinajstić information content (AvgIpc) is 3.18. The highest BCUT2D eigenvalue weighted by Gasteiger charge is 2.47. The Morgan fingerprint density at radius 3 is 2.26 bits per heavy atom. The first-order valence-corrected chi connectivity index (χ1v) is 13.4. The Morgan fingerprint density at radius 1 is 0.949 bits per heavy atom. The molecule has 0 radical (unpaired) electrons. The minimum atomic E-state index is -0.873. The number of benzene rings is 3. The van der Waals surface area contributed by atoms with Crippen molar-refractivity contribution < 1.29 is 19.4 Å². The van der Waals surface area contributed by atoms with E-state index < -0.39 is 23.5 Å². The standard InChI is InChI=1S/C30H29Cl2N3O4/c1-18-5-4-6-19(15-18)26-25(27(36)23-16-20(31)17-24(32)29(23)39-3)28(37)30(38)35(26)22-9-7-21(8-10-22)34-13-11-33(2)12-14-34/h4-10,15-17,26,36H,11-14H2,1-3H3/b27-25+. The Labute approximate surface area is 237 Å². The molecule has 1 unspecified atom stereocenters. The number of methoxy groups -OCH3 is 1. The summed E-state index contributed by atoms with van der Waals surface area (Å²) in [6.45, 7) is 5.70. The number of carbonyl (C=O) groups is 2. The van der Waals surface area contributed by atoms with Crippen LogP contribution in [-0.2, 0) is 9.59 Å². The van der Waals surface area contributed by atoms with E-state index in [0.29, 0.717) is 11.3 Å². The van der Waals surface area contributed by atoms with Gasteiger partial charge in [-0.2, -0.15) is 0 Å². The van der Waals surface area contributed by atoms with Gasteiger partial charge in [-0.05, 0) is 55.9 Å². The molecule has 2 aliphatic heterocycles. The van der Waals surface area contributed by atoms with Crippen LogP contribution in [0.3, 0.4) is 0 Å². The summed E-state index contributed by atoms with van der Waals surface area (Å²) < 4.78 is 5.42. The lowest BCUT2D eigenvalue weighted by molar-refractivity contribution is -0.132. The second-order valence-corrected chi connectivity index (χ2v) is 10.7. The van der Waals surface area contributed by atoms with Gasteiger partial charge in [0.05, 0.1) is 29.3 Å². The number of hydrogen-bond acceptors (Lipinski definition) is 6. The van der Waals surface area contributed by atoms with Crippen molar-refractivity contribution in [1.29, 1.82) is 0 Å². The number of amides is 1. The maximum absolute atomic E-state index is 13.6. The summed E-state index contributed by atoms with van der Waals surface area (Å²) in [6.07, 6.45) is 0. The van der Waals surface area contributed by atoms with Crippen LogP contribution < -0.4 is 14.5 Å². The van der Waals surface area contributed by atoms with Gasteiger partial charge in [0.1, 0.15) is 11.5 Å². The number of aliphatic hydroxyl groups excluding tert-OH is 1. The first-order chi connectivity index (χ1) is 18.7. The molecule has 202 valence electrons. The monoisotopic (exact) mass is 565 g/mol. The molecule has 0 saturated carbocycles. The molecule has 0 bridgehead atoms. The van der Waals surface area contributed by atoms with Gasteiger partial charge in [0, 0.05) is 42.6 Å². The number of likely N-dealkylation sites (N-methyl/N-ethyl adjacent to an activating group) is 1. The molecule has 5 rings (SSSR count). The van der Waals surface area contributed by atoms with Crippen molar-refractivity contribution in [3.63, 3.8) is 0 Å². The van der Waals surface area contributed by atoms with Gasteiger partial charge >= 0.3 is 0 Å². The zero-order valence-corrected chi connectivity index (χ0v) is 23.5. The molecule has 7 nitrogen and oxygen atoms in total. The number of rotatable bonds is 5. The first kappa shape index (κ1) is 27.1. The molecule has 3 aromatic rings. The highest BCUT2D eigenvalue weighted by molar-refractivity contribution is 6.52. The van der Waals surface area contributed by atoms with Crippen molar-refractivity contribution in [2.75, 3.05) is 50.1 Å². The zero-order valence-electron chi connectivity index (χ0n) is 21.9. The van der Waals surface area contributed by atoms with Crippen molar-refractivity contribution in [1.82, 2.24) is 4.90 Å². The number of hydrogen-bond donors (Lipinski definition) is 1. The summed E-state index contributed by atoms with van der Waals surface area (Å²) in [7, 11) is 3.51. The third-order valence-corrected chi connectivity index (χ3v) is 7.77. The Balaban J connectivity index is 1.63. The largest absolute Gasteiger partial charge is 0.507 e. The molecular formula is C30H29Cl2N3O4. The number of ketones is 1. The Hall–Kier alpha value is -3.52. The average molecular weight is 566 g/mol. The van der Waals surface area contributed by atoms with E-state index in [1.807, 2.05) is 55.5 Å². The van der Waals surface area contributed by atoms with E-state index in [4.69, 9.17) is 27.9 Å². The lowest BCUT2D eigenvalue weighted by Gasteiger charge is -2.34. The van der Waals surface area contributed by atoms with E-state index in [0.717, 1.165) is 37.4 Å². The van der Waals surface area contributed by atoms with Crippen molar-refractivity contribution in [3.05, 3.63) is 93.0 Å². The normalized spacial score (nSPS) is 19.6. The van der Waals surface area contributed by atoms with Crippen molar-refractivity contribution >= 4 is 52.0 Å². The summed E-state index contributed by atoms with van der Waals surface area (Å²) >= 11 is 12.6. The maximum Gasteiger partial charge on any atom is 0.300 e. The molecule has 2 saturated heterocycles. The van der Waals surface area contributed by atoms with E-state index in [1.54, 1.807) is 0 Å². The van der Waals surface area contributed by atoms with Crippen molar-refractivity contribution in [2.45, 2.75) is 13.0 Å². The fourth-order valence-corrected chi connectivity index (χ4v) is 5.80. The summed E-state index contributed by atoms with van der Waals surface area (Å²) in [6, 6.07) is 17.2. The topological polar surface area (TPSA) is 73.3 Å². The minimum absolute atomic E-state index is 0.0645. The fraction of sp³-hybridized carbons (Fsp3) is 0.267. The molecule has 0 aliphatic carbocycles. The van der Waals surface area contributed by atoms with Crippen molar-refractivity contribution in [3.8, 4) is 5.75 Å². The third-order valence-electron chi connectivity index (χ3n) is 7.27. The maximum atomic E-state index is 13.6. The predicted octanol–water partition coefficient (Wildman–Crippen LogP) is 5.69. The van der Waals surface area contributed by atoms with Gasteiger partial charge in [-0.1, -0.05) is 53.0 Å². The van der Waals surface area contributed by atoms with Gasteiger partial charge in [-0.25, -0.2) is 0 Å². The molecule has 0 aromatic heterocycles. The number of halogens is 2. The number of anilines is 2. The van der Waals surface area contributed by atoms with Gasteiger partial charge in [-0.3, -0.25) is 14.5 Å². The Kier molecular flexibility index (Phi) is 7.58. The van der Waals surface area contributed by atoms with E-state index in [-0.39, 0.29) is 26.9 Å². The van der Waals surface area contributed by atoms with Crippen LogP contribution in [0.2, 0.25) is 10.0 Å². The molecule has 0 spiro atoms. The number of aliphatic hydroxyl groups is 1.